The topological polar surface area (TPSA) is 40.5 Å². The highest BCUT2D eigenvalue weighted by Crippen LogP contribution is 2.44. The average molecular weight is 261 g/mol. The first-order valence-electron chi connectivity index (χ1n) is 6.90. The molecule has 1 aliphatic heterocycles. The van der Waals surface area contributed by atoms with Gasteiger partial charge in [0.25, 0.3) is 0 Å². The highest BCUT2D eigenvalue weighted by molar-refractivity contribution is 5.89. The molecule has 1 aliphatic rings. The molecule has 0 saturated heterocycles. The molecule has 2 rings (SSSR count). The Morgan fingerprint density at radius 3 is 2.58 bits per heavy atom. The Morgan fingerprint density at radius 2 is 2.05 bits per heavy atom. The fraction of sp³-hybridized carbons (Fsp3) is 0.562. The van der Waals surface area contributed by atoms with Crippen LogP contribution in [0.3, 0.4) is 0 Å². The third-order valence-corrected chi connectivity index (χ3v) is 4.04. The molecule has 0 aliphatic carbocycles. The van der Waals surface area contributed by atoms with Crippen LogP contribution in [0.5, 0.6) is 0 Å². The molecule has 3 nitrogen and oxygen atoms in total. The van der Waals surface area contributed by atoms with Crippen molar-refractivity contribution in [2.45, 2.75) is 58.5 Å². The molecule has 19 heavy (non-hydrogen) atoms. The van der Waals surface area contributed by atoms with E-state index in [0.29, 0.717) is 17.5 Å². The minimum atomic E-state index is -0.851. The van der Waals surface area contributed by atoms with Gasteiger partial charge in [0.1, 0.15) is 0 Å². The maximum atomic E-state index is 11.1. The summed E-state index contributed by atoms with van der Waals surface area (Å²) in [5.74, 6) is -0.463. The molecule has 1 N–H and O–H groups in total. The first kappa shape index (κ1) is 13.9. The van der Waals surface area contributed by atoms with Crippen molar-refractivity contribution in [2.24, 2.45) is 0 Å². The number of aromatic carboxylic acids is 1. The predicted octanol–water partition coefficient (Wildman–Crippen LogP) is 3.89. The molecule has 0 bridgehead atoms. The van der Waals surface area contributed by atoms with Crippen LogP contribution in [0.1, 0.15) is 62.9 Å². The number of rotatable bonds is 2. The summed E-state index contributed by atoms with van der Waals surface area (Å²) in [5.41, 5.74) is 2.83. The van der Waals surface area contributed by atoms with Gasteiger partial charge < -0.3 is 10.0 Å². The molecule has 1 atom stereocenters. The lowest BCUT2D eigenvalue weighted by Gasteiger charge is -2.50. The number of benzene rings is 1. The number of carboxylic acids is 1. The minimum Gasteiger partial charge on any atom is -0.478 e. The Kier molecular flexibility index (Phi) is 3.33. The summed E-state index contributed by atoms with van der Waals surface area (Å²) < 4.78 is 0. The summed E-state index contributed by atoms with van der Waals surface area (Å²) >= 11 is 0. The van der Waals surface area contributed by atoms with Gasteiger partial charge in [-0.05, 0) is 63.8 Å². The molecular weight excluding hydrogens is 238 g/mol. The van der Waals surface area contributed by atoms with Gasteiger partial charge in [-0.3, -0.25) is 0 Å². The Morgan fingerprint density at radius 1 is 1.42 bits per heavy atom. The zero-order chi connectivity index (χ0) is 14.4. The van der Waals surface area contributed by atoms with Gasteiger partial charge in [0.15, 0.2) is 0 Å². The second-order valence-electron chi connectivity index (χ2n) is 6.46. The van der Waals surface area contributed by atoms with Crippen molar-refractivity contribution in [3.8, 4) is 0 Å². The summed E-state index contributed by atoms with van der Waals surface area (Å²) in [6.45, 7) is 11.1. The average Bonchev–Trinajstić information content (AvgIpc) is 2.26. The van der Waals surface area contributed by atoms with E-state index in [4.69, 9.17) is 5.11 Å². The molecular formula is C16H23NO2. The fourth-order valence-corrected chi connectivity index (χ4v) is 3.56. The van der Waals surface area contributed by atoms with Crippen LogP contribution in [0, 0.1) is 0 Å². The molecule has 0 saturated carbocycles. The lowest BCUT2D eigenvalue weighted by Crippen LogP contribution is -2.51. The monoisotopic (exact) mass is 261 g/mol. The summed E-state index contributed by atoms with van der Waals surface area (Å²) in [7, 11) is 0. The first-order valence-corrected chi connectivity index (χ1v) is 6.90. The van der Waals surface area contributed by atoms with E-state index in [1.807, 2.05) is 12.1 Å². The van der Waals surface area contributed by atoms with Gasteiger partial charge in [-0.2, -0.15) is 0 Å². The van der Waals surface area contributed by atoms with Crippen molar-refractivity contribution in [1.29, 1.82) is 0 Å². The van der Waals surface area contributed by atoms with E-state index in [1.165, 1.54) is 5.69 Å². The van der Waals surface area contributed by atoms with Gasteiger partial charge in [-0.15, -0.1) is 0 Å². The Labute approximate surface area is 115 Å². The molecule has 104 valence electrons. The SMILES string of the molecule is CC1CC(C)(C)N(C(C)C)c2ccc(C(=O)O)cc21. The van der Waals surface area contributed by atoms with Crippen LogP contribution in [0.15, 0.2) is 18.2 Å². The molecule has 1 heterocycles. The molecule has 1 unspecified atom stereocenters. The number of anilines is 1. The zero-order valence-corrected chi connectivity index (χ0v) is 12.4. The van der Waals surface area contributed by atoms with E-state index in [9.17, 15) is 4.79 Å². The summed E-state index contributed by atoms with van der Waals surface area (Å²) in [5, 5.41) is 9.14. The third-order valence-electron chi connectivity index (χ3n) is 4.04. The number of nitrogens with zero attached hydrogens (tertiary/aromatic N) is 1. The van der Waals surface area contributed by atoms with Crippen LogP contribution < -0.4 is 4.90 Å². The third kappa shape index (κ3) is 2.34. The molecule has 0 fully saturated rings. The van der Waals surface area contributed by atoms with E-state index >= 15 is 0 Å². The minimum absolute atomic E-state index is 0.103. The number of carbonyl (C=O) groups is 1. The fourth-order valence-electron chi connectivity index (χ4n) is 3.56. The normalized spacial score (nSPS) is 21.4. The van der Waals surface area contributed by atoms with E-state index in [0.717, 1.165) is 12.0 Å². The van der Waals surface area contributed by atoms with Crippen molar-refractivity contribution < 1.29 is 9.90 Å². The second-order valence-corrected chi connectivity index (χ2v) is 6.46. The lowest BCUT2D eigenvalue weighted by molar-refractivity contribution is 0.0696. The van der Waals surface area contributed by atoms with Crippen LogP contribution in [-0.2, 0) is 0 Å². The standard InChI is InChI=1S/C16H23NO2/c1-10(2)17-14-7-6-12(15(18)19)8-13(14)11(3)9-16(17,4)5/h6-8,10-11H,9H2,1-5H3,(H,18,19). The van der Waals surface area contributed by atoms with Crippen LogP contribution in [-0.4, -0.2) is 22.7 Å². The summed E-state index contributed by atoms with van der Waals surface area (Å²) in [6.07, 6.45) is 1.04. The van der Waals surface area contributed by atoms with E-state index < -0.39 is 5.97 Å². The Balaban J connectivity index is 2.58. The Bertz CT molecular complexity index is 505. The number of hydrogen-bond acceptors (Lipinski definition) is 2. The van der Waals surface area contributed by atoms with Crippen LogP contribution >= 0.6 is 0 Å². The van der Waals surface area contributed by atoms with Crippen molar-refractivity contribution in [3.05, 3.63) is 29.3 Å². The highest BCUT2D eigenvalue weighted by atomic mass is 16.4. The van der Waals surface area contributed by atoms with Gasteiger partial charge >= 0.3 is 5.97 Å². The number of carboxylic acid groups (broad SMARTS) is 1. The van der Waals surface area contributed by atoms with Gasteiger partial charge in [0.2, 0.25) is 0 Å². The van der Waals surface area contributed by atoms with Crippen molar-refractivity contribution in [1.82, 2.24) is 0 Å². The second kappa shape index (κ2) is 4.55. The number of fused-ring (bicyclic) bond motifs is 1. The van der Waals surface area contributed by atoms with Gasteiger partial charge in [0, 0.05) is 17.3 Å². The molecule has 3 heteroatoms. The quantitative estimate of drug-likeness (QED) is 0.878. The predicted molar refractivity (Wildman–Crippen MR) is 78.1 cm³/mol. The van der Waals surface area contributed by atoms with Crippen LogP contribution in [0.25, 0.3) is 0 Å². The smallest absolute Gasteiger partial charge is 0.335 e. The van der Waals surface area contributed by atoms with Gasteiger partial charge in [0.05, 0.1) is 5.56 Å². The summed E-state index contributed by atoms with van der Waals surface area (Å²) in [4.78, 5) is 13.5. The van der Waals surface area contributed by atoms with E-state index in [2.05, 4.69) is 39.5 Å². The van der Waals surface area contributed by atoms with Gasteiger partial charge in [-0.25, -0.2) is 4.79 Å². The molecule has 0 aromatic heterocycles. The highest BCUT2D eigenvalue weighted by Gasteiger charge is 2.37. The molecule has 1 aromatic carbocycles. The molecule has 0 spiro atoms. The first-order chi connectivity index (χ1) is 8.74. The maximum absolute atomic E-state index is 11.1. The van der Waals surface area contributed by atoms with Gasteiger partial charge in [-0.1, -0.05) is 6.92 Å². The molecule has 1 aromatic rings. The Hall–Kier alpha value is -1.51. The van der Waals surface area contributed by atoms with Crippen molar-refractivity contribution in [3.63, 3.8) is 0 Å². The lowest BCUT2D eigenvalue weighted by atomic mass is 9.79. The van der Waals surface area contributed by atoms with E-state index in [1.54, 1.807) is 6.07 Å². The van der Waals surface area contributed by atoms with Crippen LogP contribution in [0.4, 0.5) is 5.69 Å². The van der Waals surface area contributed by atoms with Crippen molar-refractivity contribution >= 4 is 11.7 Å². The maximum Gasteiger partial charge on any atom is 0.335 e. The van der Waals surface area contributed by atoms with Crippen LogP contribution in [0.2, 0.25) is 0 Å². The zero-order valence-electron chi connectivity index (χ0n) is 12.4. The molecule has 0 amide bonds. The summed E-state index contributed by atoms with van der Waals surface area (Å²) in [6, 6.07) is 5.92. The molecule has 0 radical (unpaired) electrons. The number of hydrogen-bond donors (Lipinski definition) is 1. The largest absolute Gasteiger partial charge is 0.478 e. The van der Waals surface area contributed by atoms with Crippen molar-refractivity contribution in [2.75, 3.05) is 4.90 Å². The van der Waals surface area contributed by atoms with E-state index in [-0.39, 0.29) is 5.54 Å².